The van der Waals surface area contributed by atoms with Crippen LogP contribution in [0.4, 0.5) is 0 Å². The summed E-state index contributed by atoms with van der Waals surface area (Å²) in [6, 6.07) is 0. The van der Waals surface area contributed by atoms with Gasteiger partial charge in [-0.3, -0.25) is 9.59 Å². The van der Waals surface area contributed by atoms with Gasteiger partial charge in [-0.2, -0.15) is 0 Å². The first-order valence-electron chi connectivity index (χ1n) is 6.08. The highest BCUT2D eigenvalue weighted by molar-refractivity contribution is 5.84. The van der Waals surface area contributed by atoms with Gasteiger partial charge in [-0.1, -0.05) is 13.8 Å². The Morgan fingerprint density at radius 1 is 1.47 bits per heavy atom. The number of nitrogens with zero attached hydrogens (tertiary/aromatic N) is 1. The topological polar surface area (TPSA) is 83.6 Å². The van der Waals surface area contributed by atoms with Crippen LogP contribution in [0.15, 0.2) is 0 Å². The van der Waals surface area contributed by atoms with E-state index in [4.69, 9.17) is 10.8 Å². The van der Waals surface area contributed by atoms with Gasteiger partial charge in [0.25, 0.3) is 0 Å². The highest BCUT2D eigenvalue weighted by atomic mass is 16.4. The molecule has 0 aromatic heterocycles. The average Bonchev–Trinajstić information content (AvgIpc) is 2.69. The summed E-state index contributed by atoms with van der Waals surface area (Å²) in [7, 11) is 0. The first-order valence-corrected chi connectivity index (χ1v) is 6.08. The lowest BCUT2D eigenvalue weighted by Crippen LogP contribution is -2.45. The number of likely N-dealkylation sites (tertiary alicyclic amines) is 1. The van der Waals surface area contributed by atoms with Crippen LogP contribution in [0.2, 0.25) is 0 Å². The Kier molecular flexibility index (Phi) is 4.14. The van der Waals surface area contributed by atoms with E-state index in [0.717, 1.165) is 0 Å². The van der Waals surface area contributed by atoms with E-state index in [0.29, 0.717) is 26.1 Å². The number of amides is 1. The van der Waals surface area contributed by atoms with Crippen LogP contribution >= 0.6 is 0 Å². The lowest BCUT2D eigenvalue weighted by Gasteiger charge is -2.30. The average molecular weight is 242 g/mol. The van der Waals surface area contributed by atoms with Gasteiger partial charge in [-0.05, 0) is 19.3 Å². The van der Waals surface area contributed by atoms with Gasteiger partial charge in [-0.15, -0.1) is 0 Å². The molecule has 1 saturated heterocycles. The lowest BCUT2D eigenvalue weighted by molar-refractivity contribution is -0.143. The van der Waals surface area contributed by atoms with Crippen molar-refractivity contribution in [3.63, 3.8) is 0 Å². The van der Waals surface area contributed by atoms with Crippen molar-refractivity contribution in [2.45, 2.75) is 27.2 Å². The number of aliphatic carboxylic acids is 1. The highest BCUT2D eigenvalue weighted by Crippen LogP contribution is 2.29. The summed E-state index contributed by atoms with van der Waals surface area (Å²) in [4.78, 5) is 25.0. The summed E-state index contributed by atoms with van der Waals surface area (Å²) in [5.41, 5.74) is 5.09. The minimum atomic E-state index is -0.821. The number of carboxylic acids is 1. The molecule has 1 aliphatic heterocycles. The molecular formula is C12H22N2O3. The van der Waals surface area contributed by atoms with Crippen molar-refractivity contribution in [2.75, 3.05) is 19.6 Å². The van der Waals surface area contributed by atoms with Crippen LogP contribution in [0.5, 0.6) is 0 Å². The SMILES string of the molecule is CCC(C)(CN)C(=O)N1C[C@@H](C)[C@H](C(=O)O)C1. The molecule has 98 valence electrons. The predicted octanol–water partition coefficient (Wildman–Crippen LogP) is 0.541. The second kappa shape index (κ2) is 5.04. The molecule has 3 atom stereocenters. The Morgan fingerprint density at radius 2 is 2.06 bits per heavy atom. The van der Waals surface area contributed by atoms with E-state index in [1.807, 2.05) is 20.8 Å². The van der Waals surface area contributed by atoms with Crippen LogP contribution < -0.4 is 5.73 Å². The smallest absolute Gasteiger partial charge is 0.308 e. The Bertz CT molecular complexity index is 313. The van der Waals surface area contributed by atoms with E-state index in [2.05, 4.69) is 0 Å². The molecule has 1 aliphatic rings. The number of hydrogen-bond acceptors (Lipinski definition) is 3. The fourth-order valence-electron chi connectivity index (χ4n) is 2.22. The molecule has 0 bridgehead atoms. The van der Waals surface area contributed by atoms with E-state index in [1.54, 1.807) is 4.90 Å². The fraction of sp³-hybridized carbons (Fsp3) is 0.833. The molecule has 5 heteroatoms. The maximum absolute atomic E-state index is 12.3. The van der Waals surface area contributed by atoms with Crippen molar-refractivity contribution in [1.29, 1.82) is 0 Å². The molecule has 1 amide bonds. The van der Waals surface area contributed by atoms with Gasteiger partial charge >= 0.3 is 5.97 Å². The van der Waals surface area contributed by atoms with Crippen LogP contribution in [0.1, 0.15) is 27.2 Å². The van der Waals surface area contributed by atoms with E-state index >= 15 is 0 Å². The fourth-order valence-corrected chi connectivity index (χ4v) is 2.22. The van der Waals surface area contributed by atoms with Crippen LogP contribution in [0.25, 0.3) is 0 Å². The number of carbonyl (C=O) groups is 2. The molecule has 0 aromatic rings. The van der Waals surface area contributed by atoms with E-state index in [1.165, 1.54) is 0 Å². The normalized spacial score (nSPS) is 27.9. The van der Waals surface area contributed by atoms with Crippen molar-refractivity contribution in [3.05, 3.63) is 0 Å². The zero-order valence-electron chi connectivity index (χ0n) is 10.8. The summed E-state index contributed by atoms with van der Waals surface area (Å²) in [6.45, 7) is 6.77. The number of carboxylic acid groups (broad SMARTS) is 1. The van der Waals surface area contributed by atoms with Gasteiger partial charge in [0.2, 0.25) is 5.91 Å². The number of hydrogen-bond donors (Lipinski definition) is 2. The molecule has 1 rings (SSSR count). The number of carbonyl (C=O) groups excluding carboxylic acids is 1. The predicted molar refractivity (Wildman–Crippen MR) is 64.3 cm³/mol. The summed E-state index contributed by atoms with van der Waals surface area (Å²) in [5, 5.41) is 9.04. The lowest BCUT2D eigenvalue weighted by atomic mass is 9.86. The largest absolute Gasteiger partial charge is 0.481 e. The first-order chi connectivity index (χ1) is 7.85. The summed E-state index contributed by atoms with van der Waals surface area (Å²) >= 11 is 0. The molecule has 0 aromatic carbocycles. The molecule has 17 heavy (non-hydrogen) atoms. The minimum absolute atomic E-state index is 0.00957. The molecule has 5 nitrogen and oxygen atoms in total. The molecule has 1 fully saturated rings. The minimum Gasteiger partial charge on any atom is -0.481 e. The quantitative estimate of drug-likeness (QED) is 0.753. The third-order valence-electron chi connectivity index (χ3n) is 3.96. The van der Waals surface area contributed by atoms with Crippen molar-refractivity contribution >= 4 is 11.9 Å². The van der Waals surface area contributed by atoms with E-state index in [-0.39, 0.29) is 11.8 Å². The zero-order chi connectivity index (χ0) is 13.2. The molecule has 1 heterocycles. The summed E-state index contributed by atoms with van der Waals surface area (Å²) in [6.07, 6.45) is 0.672. The summed E-state index contributed by atoms with van der Waals surface area (Å²) < 4.78 is 0. The maximum atomic E-state index is 12.3. The second-order valence-corrected chi connectivity index (χ2v) is 5.25. The highest BCUT2D eigenvalue weighted by Gasteiger charge is 2.42. The van der Waals surface area contributed by atoms with Gasteiger partial charge in [-0.25, -0.2) is 0 Å². The molecule has 1 unspecified atom stereocenters. The summed E-state index contributed by atoms with van der Waals surface area (Å²) in [5.74, 6) is -1.27. The Hall–Kier alpha value is -1.10. The van der Waals surface area contributed by atoms with Gasteiger partial charge < -0.3 is 15.7 Å². The molecule has 0 spiro atoms. The monoisotopic (exact) mass is 242 g/mol. The van der Waals surface area contributed by atoms with Crippen molar-refractivity contribution in [3.8, 4) is 0 Å². The number of rotatable bonds is 4. The maximum Gasteiger partial charge on any atom is 0.308 e. The Balaban J connectivity index is 2.77. The molecule has 0 aliphatic carbocycles. The Labute approximate surface area is 102 Å². The van der Waals surface area contributed by atoms with E-state index in [9.17, 15) is 9.59 Å². The molecule has 0 saturated carbocycles. The van der Waals surface area contributed by atoms with Crippen LogP contribution in [-0.4, -0.2) is 41.5 Å². The van der Waals surface area contributed by atoms with Crippen molar-refractivity contribution in [1.82, 2.24) is 4.90 Å². The second-order valence-electron chi connectivity index (χ2n) is 5.25. The first kappa shape index (κ1) is 14.0. The van der Waals surface area contributed by atoms with Crippen LogP contribution in [0.3, 0.4) is 0 Å². The standard InChI is InChI=1S/C12H22N2O3/c1-4-12(3,7-13)11(17)14-5-8(2)9(6-14)10(15)16/h8-9H,4-7,13H2,1-3H3,(H,15,16)/t8-,9-,12?/m1/s1. The van der Waals surface area contributed by atoms with Crippen molar-refractivity contribution in [2.24, 2.45) is 23.0 Å². The van der Waals surface area contributed by atoms with Crippen molar-refractivity contribution < 1.29 is 14.7 Å². The number of nitrogens with two attached hydrogens (primary N) is 1. The van der Waals surface area contributed by atoms with Gasteiger partial charge in [0, 0.05) is 19.6 Å². The zero-order valence-corrected chi connectivity index (χ0v) is 10.8. The Morgan fingerprint density at radius 3 is 2.41 bits per heavy atom. The molecule has 3 N–H and O–H groups in total. The van der Waals surface area contributed by atoms with Gasteiger partial charge in [0.15, 0.2) is 0 Å². The molecular weight excluding hydrogens is 220 g/mol. The van der Waals surface area contributed by atoms with Gasteiger partial charge in [0.1, 0.15) is 0 Å². The third-order valence-corrected chi connectivity index (χ3v) is 3.96. The van der Waals surface area contributed by atoms with Gasteiger partial charge in [0.05, 0.1) is 11.3 Å². The van der Waals surface area contributed by atoms with Crippen LogP contribution in [0, 0.1) is 17.3 Å². The van der Waals surface area contributed by atoms with Crippen LogP contribution in [-0.2, 0) is 9.59 Å². The molecule has 0 radical (unpaired) electrons. The van der Waals surface area contributed by atoms with E-state index < -0.39 is 17.3 Å². The third kappa shape index (κ3) is 2.60.